The first-order valence-corrected chi connectivity index (χ1v) is 7.23. The number of nitrogens with zero attached hydrogens (tertiary/aromatic N) is 2. The first-order valence-electron chi connectivity index (χ1n) is 6.44. The molecule has 0 saturated heterocycles. The number of rotatable bonds is 6. The zero-order valence-electron chi connectivity index (χ0n) is 11.8. The molecule has 0 aliphatic heterocycles. The molecule has 0 atom stereocenters. The molecule has 0 bridgehead atoms. The van der Waals surface area contributed by atoms with Crippen LogP contribution in [0.4, 0.5) is 0 Å². The van der Waals surface area contributed by atoms with E-state index in [1.807, 2.05) is 0 Å². The Morgan fingerprint density at radius 2 is 2.22 bits per heavy atom. The molecular weight excluding hydrogens is 366 g/mol. The Morgan fingerprint density at radius 3 is 2.91 bits per heavy atom. The van der Waals surface area contributed by atoms with Gasteiger partial charge < -0.3 is 9.84 Å². The molecule has 0 aliphatic rings. The Labute approximate surface area is 140 Å². The zero-order chi connectivity index (χ0) is 16.7. The number of hydrogen-bond donors (Lipinski definition) is 2. The Balaban J connectivity index is 2.07. The lowest BCUT2D eigenvalue weighted by Gasteiger charge is -2.07. The molecule has 2 N–H and O–H groups in total. The molecule has 8 heteroatoms. The average Bonchev–Trinajstić information content (AvgIpc) is 2.54. The quantitative estimate of drug-likeness (QED) is 0.592. The molecule has 2 aromatic rings. The van der Waals surface area contributed by atoms with Crippen molar-refractivity contribution in [1.29, 1.82) is 0 Å². The summed E-state index contributed by atoms with van der Waals surface area (Å²) in [5.74, 6) is -1.15. The number of carboxylic acid groups (broad SMARTS) is 1. The predicted molar refractivity (Wildman–Crippen MR) is 86.6 cm³/mol. The molecule has 0 fully saturated rings. The summed E-state index contributed by atoms with van der Waals surface area (Å²) in [7, 11) is 0. The van der Waals surface area contributed by atoms with E-state index in [4.69, 9.17) is 9.84 Å². The van der Waals surface area contributed by atoms with Gasteiger partial charge in [0, 0.05) is 22.4 Å². The van der Waals surface area contributed by atoms with E-state index in [9.17, 15) is 9.59 Å². The third kappa shape index (κ3) is 5.19. The van der Waals surface area contributed by atoms with Crippen LogP contribution in [-0.2, 0) is 4.79 Å². The fourth-order valence-electron chi connectivity index (χ4n) is 1.61. The lowest BCUT2D eigenvalue weighted by molar-refractivity contribution is -0.139. The van der Waals surface area contributed by atoms with Crippen LogP contribution in [0.1, 0.15) is 15.9 Å². The number of amides is 1. The second-order valence-electron chi connectivity index (χ2n) is 4.31. The minimum Gasteiger partial charge on any atom is -0.481 e. The van der Waals surface area contributed by atoms with Crippen molar-refractivity contribution in [3.05, 3.63) is 58.3 Å². The van der Waals surface area contributed by atoms with E-state index in [2.05, 4.69) is 31.4 Å². The van der Waals surface area contributed by atoms with E-state index >= 15 is 0 Å². The Hall–Kier alpha value is -2.74. The molecule has 0 radical (unpaired) electrons. The van der Waals surface area contributed by atoms with Gasteiger partial charge in [-0.15, -0.1) is 0 Å². The highest BCUT2D eigenvalue weighted by molar-refractivity contribution is 9.10. The molecule has 0 aliphatic carbocycles. The zero-order valence-corrected chi connectivity index (χ0v) is 13.4. The number of benzene rings is 1. The van der Waals surface area contributed by atoms with Crippen LogP contribution in [0.25, 0.3) is 0 Å². The van der Waals surface area contributed by atoms with Crippen molar-refractivity contribution in [2.24, 2.45) is 5.10 Å². The monoisotopic (exact) mass is 377 g/mol. The van der Waals surface area contributed by atoms with Gasteiger partial charge in [0.05, 0.1) is 11.8 Å². The number of hydrazone groups is 1. The van der Waals surface area contributed by atoms with Gasteiger partial charge in [0.1, 0.15) is 5.75 Å². The van der Waals surface area contributed by atoms with Gasteiger partial charge in [0.2, 0.25) is 0 Å². The van der Waals surface area contributed by atoms with E-state index < -0.39 is 18.5 Å². The van der Waals surface area contributed by atoms with Crippen molar-refractivity contribution in [3.63, 3.8) is 0 Å². The van der Waals surface area contributed by atoms with Crippen molar-refractivity contribution in [2.45, 2.75) is 0 Å². The SMILES string of the molecule is O=C(O)COc1ccc(Br)cc1C=NNC(=O)c1cccnc1. The summed E-state index contributed by atoms with van der Waals surface area (Å²) in [6.07, 6.45) is 4.36. The number of aromatic nitrogens is 1. The van der Waals surface area contributed by atoms with Gasteiger partial charge in [0.15, 0.2) is 6.61 Å². The summed E-state index contributed by atoms with van der Waals surface area (Å²) in [4.78, 5) is 26.2. The maximum atomic E-state index is 11.8. The number of pyridine rings is 1. The van der Waals surface area contributed by atoms with Gasteiger partial charge in [-0.25, -0.2) is 10.2 Å². The Bertz CT molecular complexity index is 735. The third-order valence-electron chi connectivity index (χ3n) is 2.62. The standard InChI is InChI=1S/C15H12BrN3O4/c16-12-3-4-13(23-9-14(20)21)11(6-12)8-18-19-15(22)10-2-1-5-17-7-10/h1-8H,9H2,(H,19,22)(H,20,21). The van der Waals surface area contributed by atoms with E-state index in [0.717, 1.165) is 4.47 Å². The summed E-state index contributed by atoms with van der Waals surface area (Å²) >= 11 is 3.30. The van der Waals surface area contributed by atoms with Crippen molar-refractivity contribution in [1.82, 2.24) is 10.4 Å². The summed E-state index contributed by atoms with van der Waals surface area (Å²) in [6.45, 7) is -0.468. The number of ether oxygens (including phenoxy) is 1. The van der Waals surface area contributed by atoms with Crippen LogP contribution in [0.15, 0.2) is 52.3 Å². The highest BCUT2D eigenvalue weighted by atomic mass is 79.9. The molecule has 0 saturated carbocycles. The molecule has 7 nitrogen and oxygen atoms in total. The molecule has 1 amide bonds. The largest absolute Gasteiger partial charge is 0.481 e. The maximum Gasteiger partial charge on any atom is 0.341 e. The first kappa shape index (κ1) is 16.6. The number of halogens is 1. The van der Waals surface area contributed by atoms with Crippen LogP contribution in [0.3, 0.4) is 0 Å². The lowest BCUT2D eigenvalue weighted by Crippen LogP contribution is -2.17. The van der Waals surface area contributed by atoms with Gasteiger partial charge in [-0.2, -0.15) is 5.10 Å². The summed E-state index contributed by atoms with van der Waals surface area (Å²) in [6, 6.07) is 8.26. The minimum absolute atomic E-state index is 0.343. The van der Waals surface area contributed by atoms with Gasteiger partial charge >= 0.3 is 5.97 Å². The number of carbonyl (C=O) groups excluding carboxylic acids is 1. The van der Waals surface area contributed by atoms with Crippen molar-refractivity contribution in [2.75, 3.05) is 6.61 Å². The molecule has 0 unspecified atom stereocenters. The molecular formula is C15H12BrN3O4. The van der Waals surface area contributed by atoms with Crippen LogP contribution in [0.5, 0.6) is 5.75 Å². The second-order valence-corrected chi connectivity index (χ2v) is 5.22. The number of carboxylic acids is 1. The number of aliphatic carboxylic acids is 1. The molecule has 0 spiro atoms. The van der Waals surface area contributed by atoms with Gasteiger partial charge in [0.25, 0.3) is 5.91 Å². The maximum absolute atomic E-state index is 11.8. The van der Waals surface area contributed by atoms with Crippen molar-refractivity contribution >= 4 is 34.0 Å². The number of hydrogen-bond acceptors (Lipinski definition) is 5. The smallest absolute Gasteiger partial charge is 0.341 e. The molecule has 118 valence electrons. The average molecular weight is 378 g/mol. The van der Waals surface area contributed by atoms with Crippen molar-refractivity contribution < 1.29 is 19.4 Å². The molecule has 2 rings (SSSR count). The fourth-order valence-corrected chi connectivity index (χ4v) is 1.99. The first-order chi connectivity index (χ1) is 11.1. The summed E-state index contributed by atoms with van der Waals surface area (Å²) < 4.78 is 5.93. The molecule has 1 heterocycles. The van der Waals surface area contributed by atoms with E-state index in [1.54, 1.807) is 36.5 Å². The number of carbonyl (C=O) groups is 2. The van der Waals surface area contributed by atoms with E-state index in [1.165, 1.54) is 12.4 Å². The van der Waals surface area contributed by atoms with Crippen LogP contribution in [0, 0.1) is 0 Å². The van der Waals surface area contributed by atoms with Crippen LogP contribution >= 0.6 is 15.9 Å². The van der Waals surface area contributed by atoms with Gasteiger partial charge in [-0.1, -0.05) is 15.9 Å². The summed E-state index contributed by atoms with van der Waals surface area (Å²) in [5, 5.41) is 12.5. The Kier molecular flexibility index (Phi) is 5.81. The van der Waals surface area contributed by atoms with Gasteiger partial charge in [-0.05, 0) is 30.3 Å². The lowest BCUT2D eigenvalue weighted by atomic mass is 10.2. The molecule has 23 heavy (non-hydrogen) atoms. The Morgan fingerprint density at radius 1 is 1.39 bits per heavy atom. The number of nitrogens with one attached hydrogen (secondary N) is 1. The molecule has 1 aromatic heterocycles. The van der Waals surface area contributed by atoms with Crippen LogP contribution < -0.4 is 10.2 Å². The highest BCUT2D eigenvalue weighted by Gasteiger charge is 2.06. The second kappa shape index (κ2) is 8.04. The van der Waals surface area contributed by atoms with E-state index in [-0.39, 0.29) is 0 Å². The van der Waals surface area contributed by atoms with Crippen LogP contribution in [0.2, 0.25) is 0 Å². The molecule has 1 aromatic carbocycles. The van der Waals surface area contributed by atoms with E-state index in [0.29, 0.717) is 16.9 Å². The van der Waals surface area contributed by atoms with Gasteiger partial charge in [-0.3, -0.25) is 9.78 Å². The van der Waals surface area contributed by atoms with Crippen molar-refractivity contribution in [3.8, 4) is 5.75 Å². The van der Waals surface area contributed by atoms with Crippen LogP contribution in [-0.4, -0.2) is 34.8 Å². The predicted octanol–water partition coefficient (Wildman–Crippen LogP) is 2.07. The highest BCUT2D eigenvalue weighted by Crippen LogP contribution is 2.21. The normalized spacial score (nSPS) is 10.5. The minimum atomic E-state index is -1.08. The fraction of sp³-hybridized carbons (Fsp3) is 0.0667. The summed E-state index contributed by atoms with van der Waals surface area (Å²) in [5.41, 5.74) is 3.26. The third-order valence-corrected chi connectivity index (χ3v) is 3.11. The topological polar surface area (TPSA) is 101 Å².